The van der Waals surface area contributed by atoms with E-state index in [1.807, 2.05) is 47.6 Å². The van der Waals surface area contributed by atoms with Gasteiger partial charge in [0.2, 0.25) is 5.91 Å². The van der Waals surface area contributed by atoms with Crippen molar-refractivity contribution in [1.82, 2.24) is 9.80 Å². The van der Waals surface area contributed by atoms with Crippen LogP contribution in [0, 0.1) is 10.1 Å². The van der Waals surface area contributed by atoms with Gasteiger partial charge in [-0.3, -0.25) is 14.9 Å². The molecule has 1 amide bonds. The molecule has 2 aliphatic heterocycles. The Morgan fingerprint density at radius 2 is 1.92 bits per heavy atom. The molecule has 0 saturated carbocycles. The lowest BCUT2D eigenvalue weighted by molar-refractivity contribution is -0.384. The number of carbonyl (C=O) groups excluding carboxylic acids is 2. The normalized spacial score (nSPS) is 16.8. The van der Waals surface area contributed by atoms with Crippen molar-refractivity contribution in [3.8, 4) is 0 Å². The number of thioether (sulfide) groups is 1. The minimum absolute atomic E-state index is 0.0843. The maximum atomic E-state index is 13.4. The Hall–Kier alpha value is -3.92. The monoisotopic (exact) mass is 506 g/mol. The largest absolute Gasteiger partial charge is 0.463 e. The number of ether oxygens (including phenoxy) is 1. The maximum Gasteiger partial charge on any atom is 0.338 e. The molecule has 0 bridgehead atoms. The Morgan fingerprint density at radius 1 is 1.17 bits per heavy atom. The van der Waals surface area contributed by atoms with Gasteiger partial charge in [0.1, 0.15) is 0 Å². The number of amides is 1. The molecular formula is C26H26N4O5S. The quantitative estimate of drug-likeness (QED) is 0.289. The van der Waals surface area contributed by atoms with Gasteiger partial charge in [-0.05, 0) is 24.8 Å². The summed E-state index contributed by atoms with van der Waals surface area (Å²) >= 11 is 1.35. The summed E-state index contributed by atoms with van der Waals surface area (Å²) in [5, 5.41) is 14.0. The lowest BCUT2D eigenvalue weighted by Gasteiger charge is -2.37. The zero-order chi connectivity index (χ0) is 25.8. The van der Waals surface area contributed by atoms with Gasteiger partial charge in [0, 0.05) is 37.0 Å². The molecule has 4 rings (SSSR count). The van der Waals surface area contributed by atoms with E-state index in [4.69, 9.17) is 9.73 Å². The van der Waals surface area contributed by atoms with E-state index in [1.165, 1.54) is 23.9 Å². The molecular weight excluding hydrogens is 480 g/mol. The average molecular weight is 507 g/mol. The highest BCUT2D eigenvalue weighted by Gasteiger charge is 2.42. The zero-order valence-electron chi connectivity index (χ0n) is 20.2. The van der Waals surface area contributed by atoms with Gasteiger partial charge in [-0.2, -0.15) is 0 Å². The SMILES string of the molecule is CCOC(=O)C1=C(c2ccccc2)N=C2SC=C(CC(=O)N(C)CC)N2[C@@H]1c1cccc([N+](=O)[O-])c1. The number of nitrogens with zero attached hydrogens (tertiary/aromatic N) is 4. The summed E-state index contributed by atoms with van der Waals surface area (Å²) in [6, 6.07) is 14.7. The predicted molar refractivity (Wildman–Crippen MR) is 139 cm³/mol. The molecule has 0 N–H and O–H groups in total. The molecule has 1 atom stereocenters. The first-order chi connectivity index (χ1) is 17.3. The summed E-state index contributed by atoms with van der Waals surface area (Å²) in [5.74, 6) is -0.650. The van der Waals surface area contributed by atoms with E-state index in [2.05, 4.69) is 0 Å². The van der Waals surface area contributed by atoms with E-state index in [0.29, 0.717) is 28.7 Å². The van der Waals surface area contributed by atoms with Crippen molar-refractivity contribution in [2.75, 3.05) is 20.2 Å². The number of amidine groups is 1. The smallest absolute Gasteiger partial charge is 0.338 e. The number of hydrogen-bond acceptors (Lipinski definition) is 8. The van der Waals surface area contributed by atoms with Gasteiger partial charge in [0.05, 0.1) is 35.3 Å². The zero-order valence-corrected chi connectivity index (χ0v) is 21.0. The molecule has 0 aliphatic carbocycles. The van der Waals surface area contributed by atoms with Gasteiger partial charge >= 0.3 is 5.97 Å². The van der Waals surface area contributed by atoms with Crippen LogP contribution < -0.4 is 0 Å². The van der Waals surface area contributed by atoms with Crippen molar-refractivity contribution in [1.29, 1.82) is 0 Å². The molecule has 0 aromatic heterocycles. The van der Waals surface area contributed by atoms with Crippen LogP contribution in [0.25, 0.3) is 5.70 Å². The summed E-state index contributed by atoms with van der Waals surface area (Å²) in [7, 11) is 1.73. The average Bonchev–Trinajstić information content (AvgIpc) is 3.29. The Morgan fingerprint density at radius 3 is 2.58 bits per heavy atom. The number of benzene rings is 2. The third-order valence-corrected chi connectivity index (χ3v) is 6.87. The van der Waals surface area contributed by atoms with Crippen molar-refractivity contribution in [3.63, 3.8) is 0 Å². The van der Waals surface area contributed by atoms with E-state index < -0.39 is 16.9 Å². The molecule has 10 heteroatoms. The number of nitro groups is 1. The number of non-ortho nitro benzene ring substituents is 1. The van der Waals surface area contributed by atoms with Gasteiger partial charge < -0.3 is 14.5 Å². The summed E-state index contributed by atoms with van der Waals surface area (Å²) in [4.78, 5) is 45.6. The van der Waals surface area contributed by atoms with E-state index in [9.17, 15) is 19.7 Å². The number of carbonyl (C=O) groups is 2. The van der Waals surface area contributed by atoms with Crippen LogP contribution in [-0.2, 0) is 14.3 Å². The van der Waals surface area contributed by atoms with E-state index >= 15 is 0 Å². The first kappa shape index (κ1) is 25.2. The molecule has 2 heterocycles. The minimum Gasteiger partial charge on any atom is -0.463 e. The third kappa shape index (κ3) is 4.90. The molecule has 0 saturated heterocycles. The van der Waals surface area contributed by atoms with E-state index in [-0.39, 0.29) is 30.2 Å². The summed E-state index contributed by atoms with van der Waals surface area (Å²) in [5.41, 5.74) is 2.51. The van der Waals surface area contributed by atoms with Crippen molar-refractivity contribution >= 4 is 40.2 Å². The van der Waals surface area contributed by atoms with Crippen LogP contribution in [0.4, 0.5) is 5.69 Å². The van der Waals surface area contributed by atoms with Crippen LogP contribution in [0.5, 0.6) is 0 Å². The Bertz CT molecular complexity index is 1290. The van der Waals surface area contributed by atoms with Gasteiger partial charge in [0.15, 0.2) is 5.17 Å². The number of esters is 1. The van der Waals surface area contributed by atoms with Crippen LogP contribution in [0.2, 0.25) is 0 Å². The van der Waals surface area contributed by atoms with E-state index in [1.54, 1.807) is 31.0 Å². The molecule has 0 fully saturated rings. The fourth-order valence-corrected chi connectivity index (χ4v) is 5.00. The van der Waals surface area contributed by atoms with Crippen LogP contribution >= 0.6 is 11.8 Å². The summed E-state index contributed by atoms with van der Waals surface area (Å²) < 4.78 is 5.45. The Labute approximate surface area is 213 Å². The lowest BCUT2D eigenvalue weighted by Crippen LogP contribution is -2.38. The van der Waals surface area contributed by atoms with Crippen molar-refractivity contribution in [2.45, 2.75) is 26.3 Å². The second kappa shape index (κ2) is 10.8. The van der Waals surface area contributed by atoms with Crippen molar-refractivity contribution < 1.29 is 19.2 Å². The minimum atomic E-state index is -0.771. The van der Waals surface area contributed by atoms with Gasteiger partial charge in [-0.25, -0.2) is 9.79 Å². The number of fused-ring (bicyclic) bond motifs is 1. The first-order valence-corrected chi connectivity index (χ1v) is 12.4. The van der Waals surface area contributed by atoms with Crippen LogP contribution in [0.3, 0.4) is 0 Å². The number of rotatable bonds is 8. The summed E-state index contributed by atoms with van der Waals surface area (Å²) in [6.45, 7) is 4.32. The van der Waals surface area contributed by atoms with E-state index in [0.717, 1.165) is 5.56 Å². The van der Waals surface area contributed by atoms with Crippen molar-refractivity contribution in [3.05, 3.63) is 92.5 Å². The molecule has 36 heavy (non-hydrogen) atoms. The lowest BCUT2D eigenvalue weighted by atomic mass is 9.91. The fraction of sp³-hybridized carbons (Fsp3) is 0.269. The fourth-order valence-electron chi connectivity index (χ4n) is 4.08. The van der Waals surface area contributed by atoms with Crippen molar-refractivity contribution in [2.24, 2.45) is 4.99 Å². The molecule has 0 radical (unpaired) electrons. The standard InChI is InChI=1S/C26H26N4O5S/c1-4-28(3)21(31)15-20-16-36-26-27-23(17-10-7-6-8-11-17)22(25(32)35-5-2)24(29(20)26)18-12-9-13-19(14-18)30(33)34/h6-14,16,24H,4-5,15H2,1-3H3/t24-/m1/s1. The number of aliphatic imine (C=N–C) groups is 1. The van der Waals surface area contributed by atoms with Gasteiger partial charge in [-0.15, -0.1) is 0 Å². The molecule has 0 spiro atoms. The summed E-state index contributed by atoms with van der Waals surface area (Å²) in [6.07, 6.45) is 0.0958. The maximum absolute atomic E-state index is 13.4. The topological polar surface area (TPSA) is 105 Å². The van der Waals surface area contributed by atoms with Crippen LogP contribution in [0.15, 0.2) is 76.3 Å². The van der Waals surface area contributed by atoms with Gasteiger partial charge in [-0.1, -0.05) is 54.2 Å². The first-order valence-electron chi connectivity index (χ1n) is 11.5. The number of nitro benzene ring substituents is 1. The second-order valence-electron chi connectivity index (χ2n) is 8.18. The third-order valence-electron chi connectivity index (χ3n) is 5.98. The highest BCUT2D eigenvalue weighted by atomic mass is 32.2. The highest BCUT2D eigenvalue weighted by molar-refractivity contribution is 8.16. The molecule has 186 valence electrons. The highest BCUT2D eigenvalue weighted by Crippen LogP contribution is 2.47. The van der Waals surface area contributed by atoms with Crippen LogP contribution in [0.1, 0.15) is 37.4 Å². The van der Waals surface area contributed by atoms with Gasteiger partial charge in [0.25, 0.3) is 5.69 Å². The van der Waals surface area contributed by atoms with Crippen LogP contribution in [-0.4, -0.2) is 52.0 Å². The molecule has 0 unspecified atom stereocenters. The second-order valence-corrected chi connectivity index (χ2v) is 9.02. The molecule has 2 aromatic rings. The number of hydrogen-bond donors (Lipinski definition) is 0. The molecule has 2 aliphatic rings. The Kier molecular flexibility index (Phi) is 7.54. The molecule has 9 nitrogen and oxygen atoms in total. The Balaban J connectivity index is 1.92. The molecule has 2 aromatic carbocycles. The predicted octanol–water partition coefficient (Wildman–Crippen LogP) is 4.74.